The van der Waals surface area contributed by atoms with E-state index in [2.05, 4.69) is 10.4 Å². The second-order valence-electron chi connectivity index (χ2n) is 1.75. The van der Waals surface area contributed by atoms with E-state index in [4.69, 9.17) is 0 Å². The zero-order chi connectivity index (χ0) is 8.85. The molecule has 0 bridgehead atoms. The van der Waals surface area contributed by atoms with Crippen LogP contribution in [0.25, 0.3) is 0 Å². The summed E-state index contributed by atoms with van der Waals surface area (Å²) in [4.78, 5) is 10.8. The van der Waals surface area contributed by atoms with Crippen molar-refractivity contribution in [2.45, 2.75) is 27.3 Å². The second kappa shape index (κ2) is 4.65. The number of aromatic nitrogens is 4. The van der Waals surface area contributed by atoms with Crippen molar-refractivity contribution in [2.24, 2.45) is 7.05 Å². The molecule has 1 heterocycles. The third kappa shape index (κ3) is 2.18. The molecule has 64 valence electrons. The summed E-state index contributed by atoms with van der Waals surface area (Å²) in [6.07, 6.45) is 0. The highest BCUT2D eigenvalue weighted by atomic mass is 16.2. The van der Waals surface area contributed by atoms with Crippen LogP contribution in [0.2, 0.25) is 0 Å². The van der Waals surface area contributed by atoms with Gasteiger partial charge in [0, 0.05) is 0 Å². The molecule has 0 aliphatic carbocycles. The van der Waals surface area contributed by atoms with Crippen LogP contribution < -0.4 is 10.9 Å². The van der Waals surface area contributed by atoms with E-state index in [-0.39, 0.29) is 5.69 Å². The van der Waals surface area contributed by atoms with Gasteiger partial charge in [-0.1, -0.05) is 23.7 Å². The van der Waals surface area contributed by atoms with Crippen molar-refractivity contribution in [1.29, 1.82) is 0 Å². The molecule has 1 N–H and O–H groups in total. The Morgan fingerprint density at radius 3 is 2.27 bits per heavy atom. The number of hydrogen-bond donors (Lipinski definition) is 0. The van der Waals surface area contributed by atoms with E-state index in [9.17, 15) is 4.79 Å². The van der Waals surface area contributed by atoms with Crippen LogP contribution in [-0.2, 0) is 13.6 Å². The Balaban J connectivity index is 0.000000461. The van der Waals surface area contributed by atoms with Crippen molar-refractivity contribution in [3.63, 3.8) is 0 Å². The third-order valence-electron chi connectivity index (χ3n) is 1.14. The number of aromatic amines is 1. The molecule has 0 saturated heterocycles. The van der Waals surface area contributed by atoms with Crippen LogP contribution in [0.3, 0.4) is 0 Å². The molecule has 0 saturated carbocycles. The smallest absolute Gasteiger partial charge is 0.214 e. The maximum absolute atomic E-state index is 10.8. The van der Waals surface area contributed by atoms with Gasteiger partial charge in [-0.15, -0.1) is 4.68 Å². The maximum Gasteiger partial charge on any atom is 0.468 e. The Bertz CT molecular complexity index is 249. The summed E-state index contributed by atoms with van der Waals surface area (Å²) in [5.41, 5.74) is -0.113. The molecule has 1 aromatic rings. The largest absolute Gasteiger partial charge is 0.468 e. The third-order valence-corrected chi connectivity index (χ3v) is 1.14. The Morgan fingerprint density at radius 2 is 2.09 bits per heavy atom. The van der Waals surface area contributed by atoms with Crippen molar-refractivity contribution in [1.82, 2.24) is 14.6 Å². The normalized spacial score (nSPS) is 8.73. The van der Waals surface area contributed by atoms with Gasteiger partial charge in [0.15, 0.2) is 0 Å². The summed E-state index contributed by atoms with van der Waals surface area (Å²) in [5.74, 6) is 0. The first kappa shape index (κ1) is 9.87. The van der Waals surface area contributed by atoms with Crippen LogP contribution in [0.1, 0.15) is 20.8 Å². The van der Waals surface area contributed by atoms with Gasteiger partial charge in [-0.25, -0.2) is 4.79 Å². The summed E-state index contributed by atoms with van der Waals surface area (Å²) in [6, 6.07) is 0. The molecule has 1 aromatic heterocycles. The molecule has 0 aromatic carbocycles. The fourth-order valence-electron chi connectivity index (χ4n) is 0.587. The SMILES string of the molecule is CC.CCn1[nH+]nn(C)c1=O. The number of aryl methyl sites for hydroxylation is 2. The van der Waals surface area contributed by atoms with Crippen molar-refractivity contribution in [2.75, 3.05) is 0 Å². The second-order valence-corrected chi connectivity index (χ2v) is 1.75. The van der Waals surface area contributed by atoms with E-state index in [0.717, 1.165) is 0 Å². The van der Waals surface area contributed by atoms with Gasteiger partial charge < -0.3 is 0 Å². The first-order valence-electron chi connectivity index (χ1n) is 3.77. The summed E-state index contributed by atoms with van der Waals surface area (Å²) in [6.45, 7) is 6.51. The van der Waals surface area contributed by atoms with Gasteiger partial charge in [-0.2, -0.15) is 0 Å². The molecule has 5 nitrogen and oxygen atoms in total. The van der Waals surface area contributed by atoms with Crippen molar-refractivity contribution >= 4 is 0 Å². The minimum Gasteiger partial charge on any atom is -0.214 e. The highest BCUT2D eigenvalue weighted by Gasteiger charge is 2.04. The van der Waals surface area contributed by atoms with Crippen LogP contribution >= 0.6 is 0 Å². The monoisotopic (exact) mass is 159 g/mol. The number of H-pyrrole nitrogens is 1. The Labute approximate surface area is 65.6 Å². The number of nitrogens with one attached hydrogen (secondary N) is 1. The van der Waals surface area contributed by atoms with Crippen LogP contribution in [0.15, 0.2) is 4.79 Å². The predicted octanol–water partition coefficient (Wildman–Crippen LogP) is -0.558. The highest BCUT2D eigenvalue weighted by molar-refractivity contribution is 4.47. The summed E-state index contributed by atoms with van der Waals surface area (Å²) < 4.78 is 2.67. The molecule has 1 rings (SSSR count). The summed E-state index contributed by atoms with van der Waals surface area (Å²) in [7, 11) is 1.60. The number of tetrazole rings is 1. The van der Waals surface area contributed by atoms with Crippen LogP contribution in [0, 0.1) is 0 Å². The minimum atomic E-state index is -0.113. The number of rotatable bonds is 1. The average molecular weight is 159 g/mol. The first-order valence-corrected chi connectivity index (χ1v) is 3.77. The first-order chi connectivity index (χ1) is 5.25. The predicted molar refractivity (Wildman–Crippen MR) is 41.0 cm³/mol. The Hall–Kier alpha value is -1.13. The van der Waals surface area contributed by atoms with Gasteiger partial charge in [-0.05, 0) is 6.92 Å². The molecule has 11 heavy (non-hydrogen) atoms. The Morgan fingerprint density at radius 1 is 1.55 bits per heavy atom. The fourth-order valence-corrected chi connectivity index (χ4v) is 0.587. The quantitative estimate of drug-likeness (QED) is 0.551. The molecule has 0 aliphatic rings. The van der Waals surface area contributed by atoms with Crippen molar-refractivity contribution in [3.8, 4) is 0 Å². The van der Waals surface area contributed by atoms with Gasteiger partial charge in [0.25, 0.3) is 0 Å². The van der Waals surface area contributed by atoms with E-state index < -0.39 is 0 Å². The average Bonchev–Trinajstić information content (AvgIpc) is 2.37. The maximum atomic E-state index is 10.8. The van der Waals surface area contributed by atoms with Crippen molar-refractivity contribution < 1.29 is 5.21 Å². The van der Waals surface area contributed by atoms with E-state index >= 15 is 0 Å². The molecule has 0 unspecified atom stereocenters. The lowest BCUT2D eigenvalue weighted by Crippen LogP contribution is -2.28. The van der Waals surface area contributed by atoms with Gasteiger partial charge >= 0.3 is 5.69 Å². The Kier molecular flexibility index (Phi) is 4.17. The molecule has 0 radical (unpaired) electrons. The zero-order valence-corrected chi connectivity index (χ0v) is 7.46. The molecule has 0 atom stereocenters. The highest BCUT2D eigenvalue weighted by Crippen LogP contribution is 1.61. The molecule has 0 amide bonds. The number of nitrogens with zero attached hydrogens (tertiary/aromatic N) is 3. The van der Waals surface area contributed by atoms with Crippen LogP contribution in [0.4, 0.5) is 0 Å². The van der Waals surface area contributed by atoms with E-state index in [1.165, 1.54) is 9.36 Å². The van der Waals surface area contributed by atoms with Crippen molar-refractivity contribution in [3.05, 3.63) is 10.5 Å². The van der Waals surface area contributed by atoms with Gasteiger partial charge in [0.1, 0.15) is 12.3 Å². The molecule has 0 spiro atoms. The van der Waals surface area contributed by atoms with Crippen LogP contribution in [-0.4, -0.2) is 14.6 Å². The zero-order valence-electron chi connectivity index (χ0n) is 7.46. The molecular weight excluding hydrogens is 144 g/mol. The summed E-state index contributed by atoms with van der Waals surface area (Å²) in [5, 5.41) is 6.17. The van der Waals surface area contributed by atoms with Gasteiger partial charge in [-0.3, -0.25) is 0 Å². The minimum absolute atomic E-state index is 0.113. The molecule has 5 heteroatoms. The standard InChI is InChI=1S/C4H8N4O.C2H6/c1-3-8-4(9)7(2)5-6-8;1-2/h3H2,1-2H3;1-2H3/p+1. The van der Waals surface area contributed by atoms with E-state index in [1.54, 1.807) is 7.05 Å². The number of hydrogen-bond acceptors (Lipinski definition) is 2. The lowest BCUT2D eigenvalue weighted by molar-refractivity contribution is -0.558. The van der Waals surface area contributed by atoms with Crippen LogP contribution in [0.5, 0.6) is 0 Å². The fraction of sp³-hybridized carbons (Fsp3) is 0.833. The lowest BCUT2D eigenvalue weighted by Gasteiger charge is -1.78. The van der Waals surface area contributed by atoms with Gasteiger partial charge in [0.2, 0.25) is 0 Å². The van der Waals surface area contributed by atoms with Gasteiger partial charge in [0.05, 0.1) is 6.54 Å². The lowest BCUT2D eigenvalue weighted by atomic mass is 10.8. The molecular formula is C6H15N4O+. The molecule has 0 aliphatic heterocycles. The van der Waals surface area contributed by atoms with E-state index in [1.807, 2.05) is 20.8 Å². The van der Waals surface area contributed by atoms with E-state index in [0.29, 0.717) is 6.54 Å². The summed E-state index contributed by atoms with van der Waals surface area (Å²) >= 11 is 0. The topological polar surface area (TPSA) is 54.0 Å². The molecule has 0 fully saturated rings.